The zero-order chi connectivity index (χ0) is 14.6. The number of rotatable bonds is 4. The third kappa shape index (κ3) is 3.75. The number of phenolic OH excluding ortho intramolecular Hbond substituents is 1. The van der Waals surface area contributed by atoms with Gasteiger partial charge in [0.25, 0.3) is 5.91 Å². The molecule has 0 saturated heterocycles. The minimum Gasteiger partial charge on any atom is -0.507 e. The Kier molecular flexibility index (Phi) is 5.00. The first-order chi connectivity index (χ1) is 8.86. The minimum absolute atomic E-state index is 0.0416. The van der Waals surface area contributed by atoms with Crippen molar-refractivity contribution < 1.29 is 15.1 Å². The van der Waals surface area contributed by atoms with Crippen LogP contribution in [0.3, 0.4) is 0 Å². The number of amidine groups is 1. The van der Waals surface area contributed by atoms with Crippen molar-refractivity contribution in [2.75, 3.05) is 13.6 Å². The molecule has 0 fully saturated rings. The summed E-state index contributed by atoms with van der Waals surface area (Å²) in [6, 6.07) is 4.27. The second-order valence-electron chi connectivity index (χ2n) is 4.27. The van der Waals surface area contributed by atoms with Crippen molar-refractivity contribution in [1.82, 2.24) is 4.90 Å². The molecule has 1 aromatic rings. The van der Waals surface area contributed by atoms with Gasteiger partial charge in [0.15, 0.2) is 0 Å². The maximum atomic E-state index is 12.1. The van der Waals surface area contributed by atoms with E-state index in [1.54, 1.807) is 14.0 Å². The SMILES string of the molecule is CC(CN(C)C(=O)c1ccc(Cl)cc1O)/C(N)=N/O. The van der Waals surface area contributed by atoms with Gasteiger partial charge in [-0.1, -0.05) is 23.7 Å². The number of carbonyl (C=O) groups is 1. The first kappa shape index (κ1) is 15.1. The summed E-state index contributed by atoms with van der Waals surface area (Å²) in [6.07, 6.45) is 0. The van der Waals surface area contributed by atoms with Gasteiger partial charge >= 0.3 is 0 Å². The van der Waals surface area contributed by atoms with E-state index in [2.05, 4.69) is 5.16 Å². The minimum atomic E-state index is -0.369. The largest absolute Gasteiger partial charge is 0.507 e. The number of aromatic hydroxyl groups is 1. The van der Waals surface area contributed by atoms with E-state index >= 15 is 0 Å². The number of nitrogens with two attached hydrogens (primary N) is 1. The molecule has 1 unspecified atom stereocenters. The van der Waals surface area contributed by atoms with Crippen LogP contribution >= 0.6 is 11.6 Å². The zero-order valence-corrected chi connectivity index (χ0v) is 11.4. The summed E-state index contributed by atoms with van der Waals surface area (Å²) in [4.78, 5) is 13.5. The van der Waals surface area contributed by atoms with Crippen LogP contribution in [0, 0.1) is 5.92 Å². The maximum absolute atomic E-state index is 12.1. The topological polar surface area (TPSA) is 99.2 Å². The van der Waals surface area contributed by atoms with E-state index < -0.39 is 0 Å². The molecule has 19 heavy (non-hydrogen) atoms. The Morgan fingerprint density at radius 1 is 1.58 bits per heavy atom. The first-order valence-electron chi connectivity index (χ1n) is 5.58. The highest BCUT2D eigenvalue weighted by atomic mass is 35.5. The summed E-state index contributed by atoms with van der Waals surface area (Å²) in [5.74, 6) is -0.805. The normalized spacial score (nSPS) is 13.1. The molecule has 0 aliphatic heterocycles. The predicted octanol–water partition coefficient (Wildman–Crippen LogP) is 1.50. The van der Waals surface area contributed by atoms with E-state index in [-0.39, 0.29) is 35.5 Å². The molecule has 7 heteroatoms. The lowest BCUT2D eigenvalue weighted by molar-refractivity contribution is 0.0783. The number of amides is 1. The Balaban J connectivity index is 2.82. The number of hydrogen-bond acceptors (Lipinski definition) is 4. The number of hydrogen-bond donors (Lipinski definition) is 3. The molecule has 0 aromatic heterocycles. The molecule has 6 nitrogen and oxygen atoms in total. The Morgan fingerprint density at radius 3 is 2.74 bits per heavy atom. The predicted molar refractivity (Wildman–Crippen MR) is 72.7 cm³/mol. The fourth-order valence-electron chi connectivity index (χ4n) is 1.58. The van der Waals surface area contributed by atoms with Gasteiger partial charge in [-0.05, 0) is 18.2 Å². The summed E-state index contributed by atoms with van der Waals surface area (Å²) >= 11 is 5.70. The molecule has 4 N–H and O–H groups in total. The van der Waals surface area contributed by atoms with Gasteiger partial charge in [0, 0.05) is 24.5 Å². The van der Waals surface area contributed by atoms with E-state index in [0.29, 0.717) is 5.02 Å². The van der Waals surface area contributed by atoms with E-state index in [0.717, 1.165) is 0 Å². The average Bonchev–Trinajstić information content (AvgIpc) is 2.36. The Bertz CT molecular complexity index is 505. The molecule has 0 spiro atoms. The second kappa shape index (κ2) is 6.29. The van der Waals surface area contributed by atoms with Gasteiger partial charge in [0.1, 0.15) is 11.6 Å². The van der Waals surface area contributed by atoms with Crippen LogP contribution in [-0.4, -0.2) is 40.5 Å². The molecule has 104 valence electrons. The van der Waals surface area contributed by atoms with Crippen LogP contribution in [0.2, 0.25) is 5.02 Å². The van der Waals surface area contributed by atoms with Gasteiger partial charge in [-0.2, -0.15) is 0 Å². The number of phenols is 1. The van der Waals surface area contributed by atoms with Gasteiger partial charge in [0.05, 0.1) is 5.56 Å². The van der Waals surface area contributed by atoms with Crippen LogP contribution in [0.15, 0.2) is 23.4 Å². The molecule has 0 aliphatic carbocycles. The number of nitrogens with zero attached hydrogens (tertiary/aromatic N) is 2. The monoisotopic (exact) mass is 285 g/mol. The molecule has 1 atom stereocenters. The fourth-order valence-corrected chi connectivity index (χ4v) is 1.74. The Hall–Kier alpha value is -1.95. The van der Waals surface area contributed by atoms with Crippen LogP contribution in [0.5, 0.6) is 5.75 Å². The van der Waals surface area contributed by atoms with Crippen molar-refractivity contribution >= 4 is 23.3 Å². The molecule has 0 bridgehead atoms. The Labute approximate surface area is 116 Å². The van der Waals surface area contributed by atoms with Crippen LogP contribution in [0.4, 0.5) is 0 Å². The van der Waals surface area contributed by atoms with Gasteiger partial charge in [-0.15, -0.1) is 0 Å². The van der Waals surface area contributed by atoms with Crippen LogP contribution in [0.25, 0.3) is 0 Å². The number of carbonyl (C=O) groups excluding carboxylic acids is 1. The van der Waals surface area contributed by atoms with Crippen molar-refractivity contribution in [2.45, 2.75) is 6.92 Å². The highest BCUT2D eigenvalue weighted by Gasteiger charge is 2.19. The first-order valence-corrected chi connectivity index (χ1v) is 5.96. The van der Waals surface area contributed by atoms with Crippen LogP contribution in [0.1, 0.15) is 17.3 Å². The molecule has 0 aliphatic rings. The summed E-state index contributed by atoms with van der Waals surface area (Å²) in [7, 11) is 1.57. The summed E-state index contributed by atoms with van der Waals surface area (Å²) < 4.78 is 0. The van der Waals surface area contributed by atoms with E-state index in [9.17, 15) is 9.90 Å². The average molecular weight is 286 g/mol. The van der Waals surface area contributed by atoms with Gasteiger partial charge in [-0.3, -0.25) is 4.79 Å². The van der Waals surface area contributed by atoms with E-state index in [4.69, 9.17) is 22.5 Å². The summed E-state index contributed by atoms with van der Waals surface area (Å²) in [5, 5.41) is 21.5. The molecule has 1 aromatic carbocycles. The molecular weight excluding hydrogens is 270 g/mol. The zero-order valence-electron chi connectivity index (χ0n) is 10.7. The van der Waals surface area contributed by atoms with Crippen molar-refractivity contribution in [3.05, 3.63) is 28.8 Å². The second-order valence-corrected chi connectivity index (χ2v) is 4.71. The van der Waals surface area contributed by atoms with Gasteiger partial charge in [0.2, 0.25) is 0 Å². The highest BCUT2D eigenvalue weighted by Crippen LogP contribution is 2.23. The van der Waals surface area contributed by atoms with Gasteiger partial charge < -0.3 is 20.9 Å². The van der Waals surface area contributed by atoms with Crippen LogP contribution < -0.4 is 5.73 Å². The van der Waals surface area contributed by atoms with Crippen molar-refractivity contribution in [3.8, 4) is 5.75 Å². The van der Waals surface area contributed by atoms with Crippen molar-refractivity contribution in [2.24, 2.45) is 16.8 Å². The molecule has 0 radical (unpaired) electrons. The number of oxime groups is 1. The standard InChI is InChI=1S/C12H16ClN3O3/c1-7(11(14)15-19)6-16(2)12(18)9-4-3-8(13)5-10(9)17/h3-5,7,17,19H,6H2,1-2H3,(H2,14,15). The smallest absolute Gasteiger partial charge is 0.257 e. The number of halogens is 1. The highest BCUT2D eigenvalue weighted by molar-refractivity contribution is 6.30. The van der Waals surface area contributed by atoms with Gasteiger partial charge in [-0.25, -0.2) is 0 Å². The Morgan fingerprint density at radius 2 is 2.21 bits per heavy atom. The van der Waals surface area contributed by atoms with E-state index in [1.807, 2.05) is 0 Å². The quantitative estimate of drug-likeness (QED) is 0.338. The van der Waals surface area contributed by atoms with Crippen molar-refractivity contribution in [1.29, 1.82) is 0 Å². The lowest BCUT2D eigenvalue weighted by Crippen LogP contribution is -2.36. The lowest BCUT2D eigenvalue weighted by Gasteiger charge is -2.21. The molecule has 1 rings (SSSR count). The molecule has 0 heterocycles. The molecule has 0 saturated carbocycles. The summed E-state index contributed by atoms with van der Waals surface area (Å²) in [5.41, 5.74) is 5.60. The van der Waals surface area contributed by atoms with E-state index in [1.165, 1.54) is 23.1 Å². The third-order valence-electron chi connectivity index (χ3n) is 2.70. The van der Waals surface area contributed by atoms with Crippen molar-refractivity contribution in [3.63, 3.8) is 0 Å². The fraction of sp³-hybridized carbons (Fsp3) is 0.333. The summed E-state index contributed by atoms with van der Waals surface area (Å²) in [6.45, 7) is 1.98. The number of benzene rings is 1. The molecular formula is C12H16ClN3O3. The molecule has 1 amide bonds. The maximum Gasteiger partial charge on any atom is 0.257 e. The third-order valence-corrected chi connectivity index (χ3v) is 2.94. The van der Waals surface area contributed by atoms with Crippen LogP contribution in [-0.2, 0) is 0 Å². The lowest BCUT2D eigenvalue weighted by atomic mass is 10.1.